The van der Waals surface area contributed by atoms with Crippen LogP contribution in [0.2, 0.25) is 0 Å². The quantitative estimate of drug-likeness (QED) is 0.857. The van der Waals surface area contributed by atoms with Gasteiger partial charge in [-0.25, -0.2) is 13.6 Å². The van der Waals surface area contributed by atoms with E-state index in [1.165, 1.54) is 6.07 Å². The molecule has 7 nitrogen and oxygen atoms in total. The van der Waals surface area contributed by atoms with E-state index in [0.29, 0.717) is 38.1 Å². The van der Waals surface area contributed by atoms with Crippen LogP contribution in [-0.4, -0.2) is 32.6 Å². The Morgan fingerprint density at radius 2 is 1.89 bits per heavy atom. The molecule has 0 aliphatic carbocycles. The molecular formula is C19H20N2O5S. The highest BCUT2D eigenvalue weighted by Crippen LogP contribution is 2.33. The molecule has 2 aromatic rings. The Balaban J connectivity index is 1.42. The molecule has 2 N–H and O–H groups in total. The minimum atomic E-state index is -3.75. The Bertz CT molecular complexity index is 1000. The highest BCUT2D eigenvalue weighted by atomic mass is 32.2. The van der Waals surface area contributed by atoms with Gasteiger partial charge in [-0.15, -0.1) is 0 Å². The number of hydrogen-bond acceptors (Lipinski definition) is 5. The number of fused-ring (bicyclic) bond motifs is 2. The van der Waals surface area contributed by atoms with Gasteiger partial charge in [-0.05, 0) is 53.8 Å². The third-order valence-corrected chi connectivity index (χ3v) is 5.85. The molecule has 0 aromatic heterocycles. The highest BCUT2D eigenvalue weighted by molar-refractivity contribution is 7.89. The number of benzene rings is 2. The van der Waals surface area contributed by atoms with E-state index in [2.05, 4.69) is 0 Å². The summed E-state index contributed by atoms with van der Waals surface area (Å²) in [6, 6.07) is 10.6. The van der Waals surface area contributed by atoms with E-state index in [-0.39, 0.29) is 17.6 Å². The van der Waals surface area contributed by atoms with Gasteiger partial charge in [0.05, 0.1) is 4.90 Å². The number of aryl methyl sites for hydroxylation is 1. The first-order valence-corrected chi connectivity index (χ1v) is 10.3. The molecule has 0 unspecified atom stereocenters. The fraction of sp³-hybridized carbons (Fsp3) is 0.316. The second kappa shape index (κ2) is 6.86. The van der Waals surface area contributed by atoms with Gasteiger partial charge in [-0.1, -0.05) is 12.1 Å². The number of hydrogen-bond donors (Lipinski definition) is 1. The molecule has 1 amide bonds. The van der Waals surface area contributed by atoms with Crippen molar-refractivity contribution in [2.45, 2.75) is 30.7 Å². The minimum Gasteiger partial charge on any atom is -0.454 e. The van der Waals surface area contributed by atoms with Crippen molar-refractivity contribution in [2.24, 2.45) is 5.14 Å². The zero-order valence-electron chi connectivity index (χ0n) is 14.7. The van der Waals surface area contributed by atoms with E-state index in [0.717, 1.165) is 22.4 Å². The van der Waals surface area contributed by atoms with Crippen LogP contribution in [0.3, 0.4) is 0 Å². The molecule has 27 heavy (non-hydrogen) atoms. The Labute approximate surface area is 157 Å². The van der Waals surface area contributed by atoms with Gasteiger partial charge in [0.25, 0.3) is 0 Å². The van der Waals surface area contributed by atoms with Crippen molar-refractivity contribution in [3.8, 4) is 11.5 Å². The van der Waals surface area contributed by atoms with E-state index >= 15 is 0 Å². The van der Waals surface area contributed by atoms with Crippen molar-refractivity contribution in [1.29, 1.82) is 0 Å². The van der Waals surface area contributed by atoms with E-state index in [1.54, 1.807) is 17.0 Å². The molecule has 0 spiro atoms. The summed E-state index contributed by atoms with van der Waals surface area (Å²) in [6.45, 7) is 1.26. The number of primary sulfonamides is 1. The van der Waals surface area contributed by atoms with Gasteiger partial charge in [-0.3, -0.25) is 4.79 Å². The van der Waals surface area contributed by atoms with Crippen LogP contribution >= 0.6 is 0 Å². The van der Waals surface area contributed by atoms with Crippen LogP contribution in [0.5, 0.6) is 11.5 Å². The lowest BCUT2D eigenvalue weighted by Gasteiger charge is -2.29. The van der Waals surface area contributed by atoms with Crippen LogP contribution < -0.4 is 14.6 Å². The van der Waals surface area contributed by atoms with Crippen LogP contribution in [0, 0.1) is 0 Å². The zero-order valence-corrected chi connectivity index (χ0v) is 15.5. The number of carbonyl (C=O) groups is 1. The number of carbonyl (C=O) groups excluding carboxylic acids is 1. The number of sulfonamides is 1. The van der Waals surface area contributed by atoms with Crippen LogP contribution in [0.1, 0.15) is 23.1 Å². The van der Waals surface area contributed by atoms with Crippen molar-refractivity contribution in [3.63, 3.8) is 0 Å². The Morgan fingerprint density at radius 1 is 1.07 bits per heavy atom. The normalized spacial score (nSPS) is 15.5. The van der Waals surface area contributed by atoms with Gasteiger partial charge in [0, 0.05) is 19.5 Å². The van der Waals surface area contributed by atoms with Crippen molar-refractivity contribution >= 4 is 15.9 Å². The first kappa shape index (κ1) is 17.8. The highest BCUT2D eigenvalue weighted by Gasteiger charge is 2.22. The lowest BCUT2D eigenvalue weighted by atomic mass is 9.99. The molecule has 2 aromatic carbocycles. The molecule has 4 rings (SSSR count). The molecule has 0 bridgehead atoms. The third-order valence-electron chi connectivity index (χ3n) is 4.94. The van der Waals surface area contributed by atoms with E-state index in [4.69, 9.17) is 14.6 Å². The standard InChI is InChI=1S/C19H20N2O5S/c20-27(23,24)16-4-3-14-7-8-21(11-15(14)10-16)19(22)6-2-13-1-5-17-18(9-13)26-12-25-17/h1,3-5,9-10H,2,6-8,11-12H2,(H2,20,23,24). The molecule has 2 aliphatic heterocycles. The van der Waals surface area contributed by atoms with E-state index in [1.807, 2.05) is 18.2 Å². The monoisotopic (exact) mass is 388 g/mol. The largest absolute Gasteiger partial charge is 0.454 e. The molecule has 2 aliphatic rings. The van der Waals surface area contributed by atoms with Crippen molar-refractivity contribution in [3.05, 3.63) is 53.1 Å². The summed E-state index contributed by atoms with van der Waals surface area (Å²) in [5, 5.41) is 5.21. The van der Waals surface area contributed by atoms with Gasteiger partial charge in [-0.2, -0.15) is 0 Å². The van der Waals surface area contributed by atoms with Crippen LogP contribution in [-0.2, 0) is 34.2 Å². The minimum absolute atomic E-state index is 0.0410. The first-order chi connectivity index (χ1) is 12.9. The predicted molar refractivity (Wildman–Crippen MR) is 97.8 cm³/mol. The number of nitrogens with zero attached hydrogens (tertiary/aromatic N) is 1. The molecular weight excluding hydrogens is 368 g/mol. The summed E-state index contributed by atoms with van der Waals surface area (Å²) in [7, 11) is -3.75. The van der Waals surface area contributed by atoms with E-state index < -0.39 is 10.0 Å². The van der Waals surface area contributed by atoms with Crippen LogP contribution in [0.4, 0.5) is 0 Å². The molecule has 0 atom stereocenters. The molecule has 0 saturated heterocycles. The summed E-state index contributed by atoms with van der Waals surface area (Å²) >= 11 is 0. The predicted octanol–water partition coefficient (Wildman–Crippen LogP) is 1.58. The summed E-state index contributed by atoms with van der Waals surface area (Å²) in [4.78, 5) is 14.5. The van der Waals surface area contributed by atoms with Gasteiger partial charge < -0.3 is 14.4 Å². The van der Waals surface area contributed by atoms with Gasteiger partial charge in [0.15, 0.2) is 11.5 Å². The summed E-state index contributed by atoms with van der Waals surface area (Å²) < 4.78 is 33.8. The number of nitrogens with two attached hydrogens (primary N) is 1. The van der Waals surface area contributed by atoms with Crippen molar-refractivity contribution in [1.82, 2.24) is 4.90 Å². The average Bonchev–Trinajstić information content (AvgIpc) is 3.12. The maximum absolute atomic E-state index is 12.6. The van der Waals surface area contributed by atoms with Crippen molar-refractivity contribution in [2.75, 3.05) is 13.3 Å². The third kappa shape index (κ3) is 3.77. The SMILES string of the molecule is NS(=O)(=O)c1ccc2c(c1)CN(C(=O)CCc1ccc3c(c1)OCO3)CC2. The summed E-state index contributed by atoms with van der Waals surface area (Å²) in [5.41, 5.74) is 2.91. The van der Waals surface area contributed by atoms with Crippen LogP contribution in [0.15, 0.2) is 41.3 Å². The number of amides is 1. The lowest BCUT2D eigenvalue weighted by molar-refractivity contribution is -0.132. The maximum atomic E-state index is 12.6. The summed E-state index contributed by atoms with van der Waals surface area (Å²) in [5.74, 6) is 1.48. The van der Waals surface area contributed by atoms with E-state index in [9.17, 15) is 13.2 Å². The van der Waals surface area contributed by atoms with Gasteiger partial charge in [0.1, 0.15) is 0 Å². The van der Waals surface area contributed by atoms with Gasteiger partial charge in [0.2, 0.25) is 22.7 Å². The number of ether oxygens (including phenoxy) is 2. The topological polar surface area (TPSA) is 98.9 Å². The number of rotatable bonds is 4. The Hall–Kier alpha value is -2.58. The maximum Gasteiger partial charge on any atom is 0.238 e. The lowest BCUT2D eigenvalue weighted by Crippen LogP contribution is -2.36. The molecule has 0 radical (unpaired) electrons. The fourth-order valence-corrected chi connectivity index (χ4v) is 3.99. The molecule has 142 valence electrons. The zero-order chi connectivity index (χ0) is 19.0. The first-order valence-electron chi connectivity index (χ1n) is 8.71. The fourth-order valence-electron chi connectivity index (χ4n) is 3.43. The molecule has 0 saturated carbocycles. The Morgan fingerprint density at radius 3 is 2.70 bits per heavy atom. The Kier molecular flexibility index (Phi) is 4.53. The molecule has 0 fully saturated rings. The molecule has 8 heteroatoms. The average molecular weight is 388 g/mol. The van der Waals surface area contributed by atoms with Gasteiger partial charge >= 0.3 is 0 Å². The van der Waals surface area contributed by atoms with Crippen LogP contribution in [0.25, 0.3) is 0 Å². The smallest absolute Gasteiger partial charge is 0.238 e. The second-order valence-electron chi connectivity index (χ2n) is 6.73. The van der Waals surface area contributed by atoms with Crippen molar-refractivity contribution < 1.29 is 22.7 Å². The summed E-state index contributed by atoms with van der Waals surface area (Å²) in [6.07, 6.45) is 1.69. The second-order valence-corrected chi connectivity index (χ2v) is 8.29. The molecule has 2 heterocycles.